The van der Waals surface area contributed by atoms with Crippen LogP contribution in [-0.4, -0.2) is 5.78 Å². The Morgan fingerprint density at radius 2 is 1.81 bits per heavy atom. The molecule has 1 aliphatic carbocycles. The van der Waals surface area contributed by atoms with Crippen LogP contribution in [0, 0.1) is 0 Å². The van der Waals surface area contributed by atoms with Crippen LogP contribution in [0.1, 0.15) is 106 Å². The molecule has 0 N–H and O–H groups in total. The maximum atomic E-state index is 12.6. The highest BCUT2D eigenvalue weighted by Gasteiger charge is 2.35. The van der Waals surface area contributed by atoms with Gasteiger partial charge in [0.1, 0.15) is 0 Å². The number of benzene rings is 1. The topological polar surface area (TPSA) is 17.1 Å². The molecule has 0 heterocycles. The molecule has 0 atom stereocenters. The quantitative estimate of drug-likeness (QED) is 0.644. The Bertz CT molecular complexity index is 562. The number of hydrogen-bond acceptors (Lipinski definition) is 1. The Morgan fingerprint density at radius 3 is 2.29 bits per heavy atom. The SMILES string of the molecule is CCC(=O)c1c(C(C)C)cc2c(c1C(C)C)CCC2(C)C. The van der Waals surface area contributed by atoms with Crippen LogP contribution in [0.2, 0.25) is 0 Å². The monoisotopic (exact) mass is 286 g/mol. The standard InChI is InChI=1S/C20H30O/c1-8-17(21)19-15(12(2)3)11-16-14(18(19)13(4)5)9-10-20(16,6)7/h11-13H,8-10H2,1-7H3. The van der Waals surface area contributed by atoms with Crippen LogP contribution in [0.5, 0.6) is 0 Å². The van der Waals surface area contributed by atoms with Gasteiger partial charge in [0.15, 0.2) is 5.78 Å². The summed E-state index contributed by atoms with van der Waals surface area (Å²) in [7, 11) is 0. The molecule has 1 aliphatic rings. The van der Waals surface area contributed by atoms with Gasteiger partial charge in [0.25, 0.3) is 0 Å². The van der Waals surface area contributed by atoms with Gasteiger partial charge < -0.3 is 0 Å². The lowest BCUT2D eigenvalue weighted by Crippen LogP contribution is -2.17. The fraction of sp³-hybridized carbons (Fsp3) is 0.650. The van der Waals surface area contributed by atoms with Crippen molar-refractivity contribution in [2.24, 2.45) is 0 Å². The van der Waals surface area contributed by atoms with Gasteiger partial charge in [-0.3, -0.25) is 4.79 Å². The Kier molecular flexibility index (Phi) is 4.33. The summed E-state index contributed by atoms with van der Waals surface area (Å²) in [5, 5.41) is 0. The van der Waals surface area contributed by atoms with Gasteiger partial charge >= 0.3 is 0 Å². The largest absolute Gasteiger partial charge is 0.294 e. The van der Waals surface area contributed by atoms with E-state index in [0.717, 1.165) is 12.0 Å². The lowest BCUT2D eigenvalue weighted by Gasteiger charge is -2.26. The minimum Gasteiger partial charge on any atom is -0.294 e. The van der Waals surface area contributed by atoms with Gasteiger partial charge in [-0.2, -0.15) is 0 Å². The van der Waals surface area contributed by atoms with Gasteiger partial charge in [-0.15, -0.1) is 0 Å². The van der Waals surface area contributed by atoms with E-state index in [-0.39, 0.29) is 5.41 Å². The molecule has 2 rings (SSSR count). The van der Waals surface area contributed by atoms with Crippen LogP contribution in [0.15, 0.2) is 6.07 Å². The number of rotatable bonds is 4. The molecule has 1 nitrogen and oxygen atoms in total. The lowest BCUT2D eigenvalue weighted by molar-refractivity contribution is 0.0985. The van der Waals surface area contributed by atoms with Gasteiger partial charge in [0, 0.05) is 12.0 Å². The first-order chi connectivity index (χ1) is 9.70. The second-order valence-corrected chi connectivity index (χ2v) is 7.75. The van der Waals surface area contributed by atoms with E-state index in [1.165, 1.54) is 28.7 Å². The third-order valence-electron chi connectivity index (χ3n) is 5.04. The van der Waals surface area contributed by atoms with Gasteiger partial charge in [0.2, 0.25) is 0 Å². The number of carbonyl (C=O) groups is 1. The molecule has 0 aliphatic heterocycles. The number of fused-ring (bicyclic) bond motifs is 1. The van der Waals surface area contributed by atoms with Crippen LogP contribution in [0.25, 0.3) is 0 Å². The predicted molar refractivity (Wildman–Crippen MR) is 90.6 cm³/mol. The minimum absolute atomic E-state index is 0.246. The summed E-state index contributed by atoms with van der Waals surface area (Å²) in [6, 6.07) is 2.35. The van der Waals surface area contributed by atoms with Crippen molar-refractivity contribution in [3.05, 3.63) is 33.9 Å². The first-order valence-corrected chi connectivity index (χ1v) is 8.44. The molecule has 116 valence electrons. The first-order valence-electron chi connectivity index (χ1n) is 8.44. The van der Waals surface area contributed by atoms with Gasteiger partial charge in [-0.05, 0) is 52.3 Å². The Balaban J connectivity index is 2.84. The van der Waals surface area contributed by atoms with E-state index in [9.17, 15) is 4.79 Å². The summed E-state index contributed by atoms with van der Waals surface area (Å²) in [5.74, 6) is 1.13. The number of ketones is 1. The van der Waals surface area contributed by atoms with Crippen LogP contribution < -0.4 is 0 Å². The van der Waals surface area contributed by atoms with Gasteiger partial charge in [-0.25, -0.2) is 0 Å². The van der Waals surface area contributed by atoms with Crippen molar-refractivity contribution in [3.8, 4) is 0 Å². The molecule has 0 amide bonds. The molecule has 0 radical (unpaired) electrons. The molecule has 0 aromatic heterocycles. The third-order valence-corrected chi connectivity index (χ3v) is 5.04. The average Bonchev–Trinajstić information content (AvgIpc) is 2.71. The Labute approximate surface area is 130 Å². The highest BCUT2D eigenvalue weighted by molar-refractivity contribution is 5.99. The second-order valence-electron chi connectivity index (χ2n) is 7.75. The lowest BCUT2D eigenvalue weighted by atomic mass is 9.78. The van der Waals surface area contributed by atoms with Gasteiger partial charge in [-0.1, -0.05) is 54.5 Å². The number of carbonyl (C=O) groups excluding carboxylic acids is 1. The van der Waals surface area contributed by atoms with Crippen molar-refractivity contribution < 1.29 is 4.79 Å². The van der Waals surface area contributed by atoms with Crippen LogP contribution in [0.4, 0.5) is 0 Å². The van der Waals surface area contributed by atoms with Gasteiger partial charge in [0.05, 0.1) is 0 Å². The summed E-state index contributed by atoms with van der Waals surface area (Å²) in [6.45, 7) is 15.5. The van der Waals surface area contributed by atoms with E-state index in [4.69, 9.17) is 0 Å². The molecule has 1 heteroatoms. The number of Topliss-reactive ketones (excluding diaryl/α,β-unsaturated/α-hetero) is 1. The summed E-state index contributed by atoms with van der Waals surface area (Å²) < 4.78 is 0. The summed E-state index contributed by atoms with van der Waals surface area (Å²) in [6.07, 6.45) is 2.92. The van der Waals surface area contributed by atoms with Crippen molar-refractivity contribution >= 4 is 5.78 Å². The zero-order chi connectivity index (χ0) is 15.9. The van der Waals surface area contributed by atoms with Crippen LogP contribution in [-0.2, 0) is 11.8 Å². The molecule has 0 saturated carbocycles. The fourth-order valence-corrected chi connectivity index (χ4v) is 3.79. The van der Waals surface area contributed by atoms with Crippen LogP contribution in [0.3, 0.4) is 0 Å². The molecule has 1 aromatic carbocycles. The van der Waals surface area contributed by atoms with Crippen molar-refractivity contribution in [2.75, 3.05) is 0 Å². The fourth-order valence-electron chi connectivity index (χ4n) is 3.79. The van der Waals surface area contributed by atoms with Crippen molar-refractivity contribution in [1.29, 1.82) is 0 Å². The summed E-state index contributed by atoms with van der Waals surface area (Å²) in [4.78, 5) is 12.6. The Morgan fingerprint density at radius 1 is 1.19 bits per heavy atom. The minimum atomic E-state index is 0.246. The molecule has 0 fully saturated rings. The van der Waals surface area contributed by atoms with E-state index in [1.807, 2.05) is 6.92 Å². The van der Waals surface area contributed by atoms with E-state index in [1.54, 1.807) is 0 Å². The Hall–Kier alpha value is -1.11. The van der Waals surface area contributed by atoms with Crippen molar-refractivity contribution in [3.63, 3.8) is 0 Å². The van der Waals surface area contributed by atoms with E-state index in [2.05, 4.69) is 47.6 Å². The molecule has 1 aromatic rings. The maximum Gasteiger partial charge on any atom is 0.163 e. The highest BCUT2D eigenvalue weighted by atomic mass is 16.1. The summed E-state index contributed by atoms with van der Waals surface area (Å²) in [5.41, 5.74) is 6.85. The molecule has 0 bridgehead atoms. The molecule has 0 saturated heterocycles. The van der Waals surface area contributed by atoms with Crippen molar-refractivity contribution in [1.82, 2.24) is 0 Å². The van der Waals surface area contributed by atoms with Crippen LogP contribution >= 0.6 is 0 Å². The smallest absolute Gasteiger partial charge is 0.163 e. The maximum absolute atomic E-state index is 12.6. The molecular weight excluding hydrogens is 256 g/mol. The highest BCUT2D eigenvalue weighted by Crippen LogP contribution is 2.45. The molecule has 0 spiro atoms. The molecule has 21 heavy (non-hydrogen) atoms. The van der Waals surface area contributed by atoms with E-state index >= 15 is 0 Å². The molecule has 0 unspecified atom stereocenters. The first kappa shape index (κ1) is 16.3. The predicted octanol–water partition coefficient (Wildman–Crippen LogP) is 5.75. The summed E-state index contributed by atoms with van der Waals surface area (Å²) >= 11 is 0. The normalized spacial score (nSPS) is 16.6. The third kappa shape index (κ3) is 2.67. The van der Waals surface area contributed by atoms with Crippen molar-refractivity contribution in [2.45, 2.75) is 85.0 Å². The molecular formula is C20H30O. The average molecular weight is 286 g/mol. The zero-order valence-electron chi connectivity index (χ0n) is 14.8. The number of hydrogen-bond donors (Lipinski definition) is 0. The zero-order valence-corrected chi connectivity index (χ0v) is 14.8. The van der Waals surface area contributed by atoms with E-state index < -0.39 is 0 Å². The van der Waals surface area contributed by atoms with E-state index in [0.29, 0.717) is 24.0 Å². The second kappa shape index (κ2) is 5.59.